The molecule has 2 aliphatic heterocycles. The van der Waals surface area contributed by atoms with E-state index in [4.69, 9.17) is 5.73 Å². The minimum atomic E-state index is -0.118. The molecule has 2 aromatic carbocycles. The SMILES string of the molecule is CCCN(CCC)C(=O)C1=Cc2ccc(-c3ccc4c(=O)n(CN5N=NN(C)N5)ccc4c3)cc2N=C(N)C1. The topological polar surface area (TPSA) is 124 Å². The summed E-state index contributed by atoms with van der Waals surface area (Å²) in [5.41, 5.74) is 13.2. The Bertz CT molecular complexity index is 1550. The van der Waals surface area contributed by atoms with Gasteiger partial charge in [-0.05, 0) is 70.1 Å². The maximum absolute atomic E-state index is 13.3. The number of aromatic nitrogens is 1. The van der Waals surface area contributed by atoms with Crippen LogP contribution in [-0.4, -0.2) is 51.6 Å². The fraction of sp³-hybridized carbons (Fsp3) is 0.321. The summed E-state index contributed by atoms with van der Waals surface area (Å²) in [7, 11) is 1.72. The quantitative estimate of drug-likeness (QED) is 0.456. The minimum Gasteiger partial charge on any atom is -0.387 e. The third-order valence-electron chi connectivity index (χ3n) is 6.68. The molecule has 0 atom stereocenters. The zero-order chi connectivity index (χ0) is 27.5. The molecule has 0 aliphatic carbocycles. The summed E-state index contributed by atoms with van der Waals surface area (Å²) in [6, 6.07) is 13.6. The van der Waals surface area contributed by atoms with Crippen molar-refractivity contribution >= 4 is 34.3 Å². The third kappa shape index (κ3) is 5.53. The maximum atomic E-state index is 13.3. The van der Waals surface area contributed by atoms with Crippen LogP contribution in [0.5, 0.6) is 0 Å². The smallest absolute Gasteiger partial charge is 0.260 e. The van der Waals surface area contributed by atoms with Gasteiger partial charge in [-0.15, -0.1) is 5.53 Å². The number of carbonyl (C=O) groups excluding carboxylic acids is 1. The Morgan fingerprint density at radius 2 is 1.79 bits per heavy atom. The summed E-state index contributed by atoms with van der Waals surface area (Å²) in [5, 5.41) is 12.2. The Morgan fingerprint density at radius 3 is 2.51 bits per heavy atom. The monoisotopic (exact) mass is 527 g/mol. The van der Waals surface area contributed by atoms with Crippen molar-refractivity contribution in [1.82, 2.24) is 25.2 Å². The zero-order valence-electron chi connectivity index (χ0n) is 22.5. The summed E-state index contributed by atoms with van der Waals surface area (Å²) in [4.78, 5) is 32.9. The second-order valence-electron chi connectivity index (χ2n) is 9.75. The number of fused-ring (bicyclic) bond motifs is 2. The number of rotatable bonds is 8. The number of hydrazine groups is 2. The first kappa shape index (κ1) is 26.1. The lowest BCUT2D eigenvalue weighted by molar-refractivity contribution is -0.127. The van der Waals surface area contributed by atoms with E-state index < -0.39 is 0 Å². The number of nitrogens with zero attached hydrogens (tertiary/aromatic N) is 7. The van der Waals surface area contributed by atoms with Gasteiger partial charge in [0.25, 0.3) is 5.56 Å². The van der Waals surface area contributed by atoms with E-state index in [-0.39, 0.29) is 18.1 Å². The molecule has 5 rings (SSSR count). The molecule has 3 heterocycles. The number of aliphatic imine (C=N–C) groups is 1. The number of amidine groups is 1. The first-order valence-corrected chi connectivity index (χ1v) is 13.2. The third-order valence-corrected chi connectivity index (χ3v) is 6.68. The molecule has 1 aromatic heterocycles. The van der Waals surface area contributed by atoms with Crippen molar-refractivity contribution < 1.29 is 4.79 Å². The molecule has 1 amide bonds. The molecule has 0 bridgehead atoms. The van der Waals surface area contributed by atoms with E-state index >= 15 is 0 Å². The summed E-state index contributed by atoms with van der Waals surface area (Å²) >= 11 is 0. The lowest BCUT2D eigenvalue weighted by Gasteiger charge is -2.22. The average molecular weight is 528 g/mol. The van der Waals surface area contributed by atoms with Crippen LogP contribution in [0.4, 0.5) is 5.69 Å². The van der Waals surface area contributed by atoms with Crippen molar-refractivity contribution in [2.45, 2.75) is 39.8 Å². The fourth-order valence-electron chi connectivity index (χ4n) is 4.86. The predicted octanol–water partition coefficient (Wildman–Crippen LogP) is 4.00. The maximum Gasteiger partial charge on any atom is 0.260 e. The number of amides is 1. The van der Waals surface area contributed by atoms with E-state index in [1.807, 2.05) is 53.4 Å². The van der Waals surface area contributed by atoms with Crippen LogP contribution in [-0.2, 0) is 11.5 Å². The van der Waals surface area contributed by atoms with Gasteiger partial charge in [-0.2, -0.15) is 10.2 Å². The van der Waals surface area contributed by atoms with Gasteiger partial charge in [0.1, 0.15) is 12.5 Å². The standard InChI is InChI=1S/C28H33N9O2/c1-4-11-35(12-5-2)27(38)23-15-22-7-6-20(16-25(22)30-26(29)17-23)19-8-9-24-21(14-19)10-13-36(28(24)39)18-37-32-31-34(3)33-37/h6-10,13-16,33H,4-5,11-12,17-18H2,1-3H3,(H2,29,30). The van der Waals surface area contributed by atoms with Crippen molar-refractivity contribution in [3.63, 3.8) is 0 Å². The molecule has 0 spiro atoms. The Balaban J connectivity index is 1.43. The van der Waals surface area contributed by atoms with E-state index in [9.17, 15) is 9.59 Å². The van der Waals surface area contributed by atoms with Gasteiger partial charge in [-0.3, -0.25) is 14.2 Å². The van der Waals surface area contributed by atoms with Crippen molar-refractivity contribution in [3.8, 4) is 11.1 Å². The van der Waals surface area contributed by atoms with Gasteiger partial charge >= 0.3 is 0 Å². The van der Waals surface area contributed by atoms with Crippen LogP contribution in [0.1, 0.15) is 38.7 Å². The Hall–Kier alpha value is -4.51. The lowest BCUT2D eigenvalue weighted by atomic mass is 9.99. The molecule has 3 N–H and O–H groups in total. The van der Waals surface area contributed by atoms with Crippen LogP contribution in [0.25, 0.3) is 28.0 Å². The number of pyridine rings is 1. The van der Waals surface area contributed by atoms with Crippen molar-refractivity contribution in [2.75, 3.05) is 20.1 Å². The predicted molar refractivity (Wildman–Crippen MR) is 152 cm³/mol. The number of hydrogen-bond acceptors (Lipinski definition) is 9. The molecule has 0 unspecified atom stereocenters. The molecule has 0 saturated heterocycles. The highest BCUT2D eigenvalue weighted by atomic mass is 16.2. The molecule has 0 fully saturated rings. The summed E-state index contributed by atoms with van der Waals surface area (Å²) < 4.78 is 1.57. The Morgan fingerprint density at radius 1 is 1.05 bits per heavy atom. The van der Waals surface area contributed by atoms with Crippen LogP contribution >= 0.6 is 0 Å². The molecule has 202 valence electrons. The summed E-state index contributed by atoms with van der Waals surface area (Å²) in [5.74, 6) is 0.431. The Labute approximate surface area is 226 Å². The highest BCUT2D eigenvalue weighted by Crippen LogP contribution is 2.33. The van der Waals surface area contributed by atoms with E-state index in [1.165, 1.54) is 10.2 Å². The number of nitrogens with two attached hydrogens (primary N) is 1. The highest BCUT2D eigenvalue weighted by molar-refractivity contribution is 6.05. The summed E-state index contributed by atoms with van der Waals surface area (Å²) in [6.45, 7) is 5.81. The first-order valence-electron chi connectivity index (χ1n) is 13.2. The zero-order valence-corrected chi connectivity index (χ0v) is 22.5. The van der Waals surface area contributed by atoms with Gasteiger partial charge in [0.05, 0.1) is 5.69 Å². The van der Waals surface area contributed by atoms with Crippen molar-refractivity contribution in [3.05, 3.63) is 70.2 Å². The lowest BCUT2D eigenvalue weighted by Crippen LogP contribution is -2.39. The van der Waals surface area contributed by atoms with Crippen LogP contribution in [0.2, 0.25) is 0 Å². The molecule has 0 radical (unpaired) electrons. The van der Waals surface area contributed by atoms with Gasteiger partial charge in [-0.25, -0.2) is 4.99 Å². The van der Waals surface area contributed by atoms with E-state index in [0.717, 1.165) is 53.7 Å². The second-order valence-corrected chi connectivity index (χ2v) is 9.75. The second kappa shape index (κ2) is 11.1. The molecule has 3 aromatic rings. The molecule has 11 heteroatoms. The molecule has 11 nitrogen and oxygen atoms in total. The van der Waals surface area contributed by atoms with Crippen LogP contribution in [0.3, 0.4) is 0 Å². The van der Waals surface area contributed by atoms with Crippen molar-refractivity contribution in [1.29, 1.82) is 0 Å². The molecular formula is C28H33N9O2. The molecule has 0 saturated carbocycles. The average Bonchev–Trinajstić information content (AvgIpc) is 3.25. The number of benzene rings is 2. The normalized spacial score (nSPS) is 14.7. The van der Waals surface area contributed by atoms with Crippen molar-refractivity contribution in [2.24, 2.45) is 21.2 Å². The largest absolute Gasteiger partial charge is 0.387 e. The number of carbonyl (C=O) groups is 1. The van der Waals surface area contributed by atoms with E-state index in [2.05, 4.69) is 34.8 Å². The van der Waals surface area contributed by atoms with E-state index in [1.54, 1.807) is 17.8 Å². The first-order chi connectivity index (χ1) is 18.9. The van der Waals surface area contributed by atoms with Crippen LogP contribution in [0, 0.1) is 0 Å². The molecule has 2 aliphatic rings. The number of nitrogens with one attached hydrogen (secondary N) is 1. The van der Waals surface area contributed by atoms with Gasteiger partial charge in [0, 0.05) is 49.3 Å². The van der Waals surface area contributed by atoms with Gasteiger partial charge in [0.15, 0.2) is 0 Å². The summed E-state index contributed by atoms with van der Waals surface area (Å²) in [6.07, 6.45) is 5.79. The van der Waals surface area contributed by atoms with E-state index in [0.29, 0.717) is 23.2 Å². The highest BCUT2D eigenvalue weighted by Gasteiger charge is 2.21. The van der Waals surface area contributed by atoms with Crippen LogP contribution < -0.4 is 16.8 Å². The van der Waals surface area contributed by atoms with Gasteiger partial charge in [-0.1, -0.05) is 32.0 Å². The van der Waals surface area contributed by atoms with Crippen LogP contribution in [0.15, 0.2) is 74.5 Å². The number of hydrogen-bond donors (Lipinski definition) is 2. The molecular weight excluding hydrogens is 494 g/mol. The minimum absolute atomic E-state index is 0.0181. The fourth-order valence-corrected chi connectivity index (χ4v) is 4.86. The van der Waals surface area contributed by atoms with Gasteiger partial charge in [0.2, 0.25) is 5.91 Å². The van der Waals surface area contributed by atoms with Gasteiger partial charge < -0.3 is 10.6 Å². The molecule has 39 heavy (non-hydrogen) atoms. The Kier molecular flexibility index (Phi) is 7.42.